The maximum Gasteiger partial charge on any atom is 0.460 e. The van der Waals surface area contributed by atoms with Gasteiger partial charge in [0.05, 0.1) is 12.8 Å². The molecule has 0 bridgehead atoms. The number of rotatable bonds is 5. The number of halogens is 4. The van der Waals surface area contributed by atoms with E-state index in [0.29, 0.717) is 7.11 Å². The van der Waals surface area contributed by atoms with Crippen LogP contribution in [0.25, 0.3) is 0 Å². The first-order valence-corrected chi connectivity index (χ1v) is 7.42. The molecule has 10 heteroatoms. The van der Waals surface area contributed by atoms with E-state index in [1.54, 1.807) is 0 Å². The van der Waals surface area contributed by atoms with Crippen LogP contribution in [0.1, 0.15) is 0 Å². The summed E-state index contributed by atoms with van der Waals surface area (Å²) in [5, 5.41) is 3.30. The first-order valence-electron chi connectivity index (χ1n) is 7.42. The van der Waals surface area contributed by atoms with Crippen LogP contribution in [0.2, 0.25) is 0 Å². The van der Waals surface area contributed by atoms with Gasteiger partial charge in [0, 0.05) is 0 Å². The molecule has 0 unspecified atom stereocenters. The lowest BCUT2D eigenvalue weighted by Crippen LogP contribution is -2.68. The van der Waals surface area contributed by atoms with Crippen molar-refractivity contribution in [1.29, 1.82) is 0 Å². The third kappa shape index (κ3) is 4.46. The molecule has 0 aliphatic heterocycles. The number of benzene rings is 2. The smallest absolute Gasteiger partial charge is 0.460 e. The van der Waals surface area contributed by atoms with Crippen LogP contribution in [0.5, 0.6) is 5.75 Å². The Balaban J connectivity index is 2.37. The Morgan fingerprint density at radius 2 is 1.56 bits per heavy atom. The summed E-state index contributed by atoms with van der Waals surface area (Å²) in [7, 11) is 0.702. The number of hydrogen-bond acceptors (Lipinski definition) is 4. The standard InChI is InChI=1S/C17H14F4N2O4/c1-26-14(24)16(17(19,20)21,27-11-7-3-2-4-8-11)23-15(25)22-13-10-6-5-9-12(13)18/h2-10H,1H3,(H2,22,23,25)/t16-/m1/s1. The summed E-state index contributed by atoms with van der Waals surface area (Å²) in [5.74, 6) is -3.15. The third-order valence-corrected chi connectivity index (χ3v) is 3.30. The molecule has 2 N–H and O–H groups in total. The minimum absolute atomic E-state index is 0.355. The zero-order valence-electron chi connectivity index (χ0n) is 13.8. The van der Waals surface area contributed by atoms with Crippen molar-refractivity contribution < 1.29 is 36.6 Å². The van der Waals surface area contributed by atoms with E-state index in [0.717, 1.165) is 24.3 Å². The van der Waals surface area contributed by atoms with Crippen molar-refractivity contribution in [1.82, 2.24) is 5.32 Å². The monoisotopic (exact) mass is 386 g/mol. The highest BCUT2D eigenvalue weighted by atomic mass is 19.4. The second kappa shape index (κ2) is 7.94. The highest BCUT2D eigenvalue weighted by molar-refractivity contribution is 5.94. The maximum atomic E-state index is 13.7. The summed E-state index contributed by atoms with van der Waals surface area (Å²) >= 11 is 0. The van der Waals surface area contributed by atoms with Gasteiger partial charge in [0.15, 0.2) is 0 Å². The van der Waals surface area contributed by atoms with Gasteiger partial charge in [-0.2, -0.15) is 13.2 Å². The van der Waals surface area contributed by atoms with Crippen molar-refractivity contribution in [3.05, 3.63) is 60.4 Å². The normalized spacial score (nSPS) is 13.2. The number of para-hydroxylation sites is 2. The number of ether oxygens (including phenoxy) is 2. The van der Waals surface area contributed by atoms with E-state index in [2.05, 4.69) is 4.74 Å². The lowest BCUT2D eigenvalue weighted by molar-refractivity contribution is -0.258. The van der Waals surface area contributed by atoms with Crippen LogP contribution < -0.4 is 15.4 Å². The van der Waals surface area contributed by atoms with E-state index in [1.165, 1.54) is 35.6 Å². The number of carbonyl (C=O) groups excluding carboxylic acids is 2. The van der Waals surface area contributed by atoms with Crippen LogP contribution >= 0.6 is 0 Å². The SMILES string of the molecule is COC(=O)[C@@](NC(=O)Nc1ccccc1F)(Oc1ccccc1)C(F)(F)F. The predicted octanol–water partition coefficient (Wildman–Crippen LogP) is 3.46. The molecule has 0 fully saturated rings. The minimum atomic E-state index is -5.40. The van der Waals surface area contributed by atoms with Crippen molar-refractivity contribution in [2.75, 3.05) is 12.4 Å². The molecule has 0 aromatic heterocycles. The van der Waals surface area contributed by atoms with Crippen molar-refractivity contribution in [3.63, 3.8) is 0 Å². The molecule has 0 saturated carbocycles. The number of urea groups is 1. The summed E-state index contributed by atoms with van der Waals surface area (Å²) in [5.41, 5.74) is -4.24. The highest BCUT2D eigenvalue weighted by Crippen LogP contribution is 2.34. The minimum Gasteiger partial charge on any atom is -0.464 e. The van der Waals surface area contributed by atoms with E-state index in [4.69, 9.17) is 4.74 Å². The van der Waals surface area contributed by atoms with Gasteiger partial charge < -0.3 is 14.8 Å². The largest absolute Gasteiger partial charge is 0.464 e. The lowest BCUT2D eigenvalue weighted by Gasteiger charge is -2.33. The molecular weight excluding hydrogens is 372 g/mol. The van der Waals surface area contributed by atoms with Crippen LogP contribution in [0.3, 0.4) is 0 Å². The second-order valence-corrected chi connectivity index (χ2v) is 5.14. The zero-order chi connectivity index (χ0) is 20.1. The van der Waals surface area contributed by atoms with Gasteiger partial charge in [0.2, 0.25) is 0 Å². The number of methoxy groups -OCH3 is 1. The number of alkyl halides is 3. The molecule has 6 nitrogen and oxygen atoms in total. The van der Waals surface area contributed by atoms with Crippen LogP contribution in [-0.4, -0.2) is 31.0 Å². The lowest BCUT2D eigenvalue weighted by atomic mass is 10.2. The van der Waals surface area contributed by atoms with Crippen LogP contribution in [0.4, 0.5) is 28.0 Å². The average molecular weight is 386 g/mol. The molecular formula is C17H14F4N2O4. The number of hydrogen-bond donors (Lipinski definition) is 2. The fourth-order valence-corrected chi connectivity index (χ4v) is 2.05. The summed E-state index contributed by atoms with van der Waals surface area (Å²) < 4.78 is 63.8. The number of esters is 1. The van der Waals surface area contributed by atoms with Gasteiger partial charge >= 0.3 is 23.9 Å². The molecule has 2 rings (SSSR count). The Morgan fingerprint density at radius 3 is 2.11 bits per heavy atom. The molecule has 0 aliphatic carbocycles. The first-order chi connectivity index (χ1) is 12.7. The Morgan fingerprint density at radius 1 is 0.963 bits per heavy atom. The van der Waals surface area contributed by atoms with Crippen LogP contribution in [0.15, 0.2) is 54.6 Å². The molecule has 0 saturated heterocycles. The Labute approximate surface area is 151 Å². The summed E-state index contributed by atoms with van der Waals surface area (Å²) in [4.78, 5) is 24.0. The Bertz CT molecular complexity index is 814. The van der Waals surface area contributed by atoms with Crippen molar-refractivity contribution in [2.24, 2.45) is 0 Å². The summed E-state index contributed by atoms with van der Waals surface area (Å²) in [6.45, 7) is 0. The fourth-order valence-electron chi connectivity index (χ4n) is 2.05. The number of amides is 2. The average Bonchev–Trinajstić information content (AvgIpc) is 2.62. The number of carbonyl (C=O) groups is 2. The molecule has 0 spiro atoms. The molecule has 27 heavy (non-hydrogen) atoms. The molecule has 0 radical (unpaired) electrons. The maximum absolute atomic E-state index is 13.7. The molecule has 2 aromatic rings. The number of anilines is 1. The topological polar surface area (TPSA) is 76.7 Å². The predicted molar refractivity (Wildman–Crippen MR) is 86.4 cm³/mol. The van der Waals surface area contributed by atoms with E-state index in [-0.39, 0.29) is 5.75 Å². The van der Waals surface area contributed by atoms with Crippen LogP contribution in [-0.2, 0) is 9.53 Å². The highest BCUT2D eigenvalue weighted by Gasteiger charge is 2.66. The van der Waals surface area contributed by atoms with Gasteiger partial charge in [-0.25, -0.2) is 14.0 Å². The van der Waals surface area contributed by atoms with Gasteiger partial charge in [-0.3, -0.25) is 5.32 Å². The third-order valence-electron chi connectivity index (χ3n) is 3.30. The van der Waals surface area contributed by atoms with Gasteiger partial charge in [-0.05, 0) is 24.3 Å². The zero-order valence-corrected chi connectivity index (χ0v) is 13.8. The van der Waals surface area contributed by atoms with E-state index < -0.39 is 35.4 Å². The molecule has 1 atom stereocenters. The summed E-state index contributed by atoms with van der Waals surface area (Å²) in [6.07, 6.45) is -5.40. The molecule has 0 aliphatic rings. The van der Waals surface area contributed by atoms with E-state index >= 15 is 0 Å². The van der Waals surface area contributed by atoms with Gasteiger partial charge in [0.1, 0.15) is 11.6 Å². The van der Waals surface area contributed by atoms with Gasteiger partial charge in [-0.15, -0.1) is 0 Å². The Kier molecular flexibility index (Phi) is 5.88. The second-order valence-electron chi connectivity index (χ2n) is 5.14. The van der Waals surface area contributed by atoms with Crippen LogP contribution in [0, 0.1) is 5.82 Å². The molecule has 144 valence electrons. The van der Waals surface area contributed by atoms with E-state index in [9.17, 15) is 27.2 Å². The molecule has 0 heterocycles. The van der Waals surface area contributed by atoms with Gasteiger partial charge in [-0.1, -0.05) is 30.3 Å². The number of nitrogens with one attached hydrogen (secondary N) is 2. The van der Waals surface area contributed by atoms with E-state index in [1.807, 2.05) is 5.32 Å². The molecule has 2 aromatic carbocycles. The van der Waals surface area contributed by atoms with Crippen molar-refractivity contribution in [3.8, 4) is 5.75 Å². The fraction of sp³-hybridized carbons (Fsp3) is 0.176. The Hall–Kier alpha value is -3.30. The molecule has 2 amide bonds. The quantitative estimate of drug-likeness (QED) is 0.469. The van der Waals surface area contributed by atoms with Crippen molar-refractivity contribution >= 4 is 17.7 Å². The van der Waals surface area contributed by atoms with Crippen molar-refractivity contribution in [2.45, 2.75) is 11.9 Å². The summed E-state index contributed by atoms with van der Waals surface area (Å²) in [6, 6.07) is 9.83. The van der Waals surface area contributed by atoms with Gasteiger partial charge in [0.25, 0.3) is 0 Å². The first kappa shape index (κ1) is 20.0.